The maximum Gasteiger partial charge on any atom is 0.416 e. The Balaban J connectivity index is 1.70. The smallest absolute Gasteiger partial charge is 0.308 e. The summed E-state index contributed by atoms with van der Waals surface area (Å²) in [5.74, 6) is 0.371. The number of hydrogen-bond acceptors (Lipinski definition) is 2. The maximum absolute atomic E-state index is 13.1. The van der Waals surface area contributed by atoms with E-state index < -0.39 is 17.8 Å². The molecule has 1 heterocycles. The third-order valence-corrected chi connectivity index (χ3v) is 5.03. The summed E-state index contributed by atoms with van der Waals surface area (Å²) in [6.07, 6.45) is -4.41. The quantitative estimate of drug-likeness (QED) is 0.744. The van der Waals surface area contributed by atoms with E-state index in [1.54, 1.807) is 28.8 Å². The summed E-state index contributed by atoms with van der Waals surface area (Å²) in [5, 5.41) is 2.35. The number of halogens is 4. The molecule has 1 fully saturated rings. The Kier molecular flexibility index (Phi) is 4.89. The Hall–Kier alpha value is -2.22. The van der Waals surface area contributed by atoms with Crippen molar-refractivity contribution >= 4 is 23.5 Å². The molecule has 0 aliphatic carbocycles. The van der Waals surface area contributed by atoms with E-state index in [-0.39, 0.29) is 16.9 Å². The van der Waals surface area contributed by atoms with Crippen molar-refractivity contribution in [2.75, 3.05) is 17.6 Å². The highest BCUT2D eigenvalue weighted by Crippen LogP contribution is 2.38. The van der Waals surface area contributed by atoms with Crippen LogP contribution in [0.2, 0.25) is 0 Å². The van der Waals surface area contributed by atoms with Crippen LogP contribution < -0.4 is 5.32 Å². The second-order valence-corrected chi connectivity index (χ2v) is 6.66. The molecule has 2 aromatic carbocycles. The minimum Gasteiger partial charge on any atom is -0.308 e. The van der Waals surface area contributed by atoms with Crippen molar-refractivity contribution in [3.8, 4) is 0 Å². The van der Waals surface area contributed by atoms with E-state index in [1.807, 2.05) is 0 Å². The van der Waals surface area contributed by atoms with Crippen LogP contribution in [0.3, 0.4) is 0 Å². The molecule has 25 heavy (non-hydrogen) atoms. The van der Waals surface area contributed by atoms with Gasteiger partial charge in [0.15, 0.2) is 0 Å². The number of rotatable bonds is 2. The van der Waals surface area contributed by atoms with Crippen molar-refractivity contribution in [1.29, 1.82) is 0 Å². The predicted octanol–water partition coefficient (Wildman–Crippen LogP) is 5.12. The number of carbonyl (C=O) groups is 1. The number of anilines is 1. The number of nitrogens with zero attached hydrogens (tertiary/aromatic N) is 1. The van der Waals surface area contributed by atoms with E-state index in [0.717, 1.165) is 23.4 Å². The first-order valence-electron chi connectivity index (χ1n) is 7.46. The van der Waals surface area contributed by atoms with Gasteiger partial charge in [-0.05, 0) is 42.0 Å². The van der Waals surface area contributed by atoms with Crippen LogP contribution >= 0.6 is 11.8 Å². The maximum atomic E-state index is 13.1. The molecule has 2 aromatic rings. The first-order chi connectivity index (χ1) is 11.8. The molecule has 132 valence electrons. The van der Waals surface area contributed by atoms with Crippen molar-refractivity contribution < 1.29 is 22.4 Å². The van der Waals surface area contributed by atoms with Gasteiger partial charge in [-0.25, -0.2) is 9.18 Å². The zero-order chi connectivity index (χ0) is 18.0. The van der Waals surface area contributed by atoms with Crippen molar-refractivity contribution in [1.82, 2.24) is 4.90 Å². The third-order valence-electron chi connectivity index (χ3n) is 3.77. The minimum absolute atomic E-state index is 0.255. The molecule has 0 saturated carbocycles. The van der Waals surface area contributed by atoms with Gasteiger partial charge in [0.25, 0.3) is 0 Å². The van der Waals surface area contributed by atoms with Crippen LogP contribution in [0.1, 0.15) is 16.5 Å². The molecule has 0 spiro atoms. The lowest BCUT2D eigenvalue weighted by molar-refractivity contribution is -0.137. The SMILES string of the molecule is O=C(Nc1ccc(C(F)(F)F)cc1)N1CCS[C@H]1c1ccc(F)cc1. The summed E-state index contributed by atoms with van der Waals surface area (Å²) in [7, 11) is 0. The first kappa shape index (κ1) is 17.6. The van der Waals surface area contributed by atoms with E-state index in [0.29, 0.717) is 6.54 Å². The van der Waals surface area contributed by atoms with E-state index in [2.05, 4.69) is 5.32 Å². The molecule has 0 radical (unpaired) electrons. The van der Waals surface area contributed by atoms with Gasteiger partial charge >= 0.3 is 12.2 Å². The highest BCUT2D eigenvalue weighted by molar-refractivity contribution is 7.99. The Morgan fingerprint density at radius 1 is 1.08 bits per heavy atom. The van der Waals surface area contributed by atoms with Crippen LogP contribution in [0.15, 0.2) is 48.5 Å². The predicted molar refractivity (Wildman–Crippen MR) is 88.8 cm³/mol. The normalized spacial score (nSPS) is 17.6. The van der Waals surface area contributed by atoms with Gasteiger partial charge in [0, 0.05) is 18.0 Å². The van der Waals surface area contributed by atoms with Crippen LogP contribution in [0, 0.1) is 5.82 Å². The Labute approximate surface area is 146 Å². The number of benzene rings is 2. The molecule has 1 N–H and O–H groups in total. The average molecular weight is 370 g/mol. The molecule has 3 nitrogen and oxygen atoms in total. The van der Waals surface area contributed by atoms with Gasteiger partial charge in [-0.3, -0.25) is 0 Å². The van der Waals surface area contributed by atoms with Gasteiger partial charge in [0.05, 0.1) is 5.56 Å². The van der Waals surface area contributed by atoms with E-state index in [1.165, 1.54) is 24.3 Å². The lowest BCUT2D eigenvalue weighted by atomic mass is 10.2. The van der Waals surface area contributed by atoms with Crippen LogP contribution in [0.25, 0.3) is 0 Å². The Bertz CT molecular complexity index is 747. The summed E-state index contributed by atoms with van der Waals surface area (Å²) < 4.78 is 50.8. The number of urea groups is 1. The molecule has 0 aromatic heterocycles. The van der Waals surface area contributed by atoms with Crippen molar-refractivity contribution in [3.05, 3.63) is 65.5 Å². The van der Waals surface area contributed by atoms with Gasteiger partial charge in [0.2, 0.25) is 0 Å². The van der Waals surface area contributed by atoms with E-state index >= 15 is 0 Å². The van der Waals surface area contributed by atoms with Crippen LogP contribution in [0.4, 0.5) is 28.0 Å². The van der Waals surface area contributed by atoms with E-state index in [4.69, 9.17) is 0 Å². The van der Waals surface area contributed by atoms with Crippen LogP contribution in [-0.4, -0.2) is 23.2 Å². The third kappa shape index (κ3) is 4.07. The fraction of sp³-hybridized carbons (Fsp3) is 0.235. The monoisotopic (exact) mass is 370 g/mol. The highest BCUT2D eigenvalue weighted by atomic mass is 32.2. The standard InChI is InChI=1S/C17H14F4N2OS/c18-13-5-1-11(2-6-13)15-23(9-10-25-15)16(24)22-14-7-3-12(4-8-14)17(19,20)21/h1-8,15H,9-10H2,(H,22,24)/t15-/m0/s1. The second kappa shape index (κ2) is 6.95. The van der Waals surface area contributed by atoms with Crippen molar-refractivity contribution in [3.63, 3.8) is 0 Å². The largest absolute Gasteiger partial charge is 0.416 e. The summed E-state index contributed by atoms with van der Waals surface area (Å²) >= 11 is 1.55. The number of nitrogens with one attached hydrogen (secondary N) is 1. The molecule has 1 saturated heterocycles. The van der Waals surface area contributed by atoms with Crippen molar-refractivity contribution in [2.24, 2.45) is 0 Å². The number of carbonyl (C=O) groups excluding carboxylic acids is 1. The molecule has 1 aliphatic heterocycles. The van der Waals surface area contributed by atoms with Gasteiger partial charge < -0.3 is 10.2 Å². The molecule has 1 atom stereocenters. The zero-order valence-electron chi connectivity index (χ0n) is 12.9. The van der Waals surface area contributed by atoms with Crippen LogP contribution in [-0.2, 0) is 6.18 Å². The molecule has 1 aliphatic rings. The number of amides is 2. The zero-order valence-corrected chi connectivity index (χ0v) is 13.7. The second-order valence-electron chi connectivity index (χ2n) is 5.47. The lowest BCUT2D eigenvalue weighted by Gasteiger charge is -2.24. The van der Waals surface area contributed by atoms with Crippen molar-refractivity contribution in [2.45, 2.75) is 11.6 Å². The molecule has 0 bridgehead atoms. The Morgan fingerprint density at radius 2 is 1.72 bits per heavy atom. The van der Waals surface area contributed by atoms with Gasteiger partial charge in [-0.2, -0.15) is 13.2 Å². The van der Waals surface area contributed by atoms with Gasteiger partial charge in [0.1, 0.15) is 11.2 Å². The van der Waals surface area contributed by atoms with Gasteiger partial charge in [-0.15, -0.1) is 11.8 Å². The molecular weight excluding hydrogens is 356 g/mol. The summed E-state index contributed by atoms with van der Waals surface area (Å²) in [6.45, 7) is 0.499. The molecule has 3 rings (SSSR count). The Morgan fingerprint density at radius 3 is 2.32 bits per heavy atom. The van der Waals surface area contributed by atoms with E-state index in [9.17, 15) is 22.4 Å². The topological polar surface area (TPSA) is 32.3 Å². The number of hydrogen-bond donors (Lipinski definition) is 1. The lowest BCUT2D eigenvalue weighted by Crippen LogP contribution is -2.34. The highest BCUT2D eigenvalue weighted by Gasteiger charge is 2.32. The van der Waals surface area contributed by atoms with Crippen LogP contribution in [0.5, 0.6) is 0 Å². The summed E-state index contributed by atoms with van der Waals surface area (Å²) in [4.78, 5) is 14.0. The molecule has 2 amide bonds. The average Bonchev–Trinajstić information content (AvgIpc) is 3.05. The fourth-order valence-electron chi connectivity index (χ4n) is 2.52. The first-order valence-corrected chi connectivity index (χ1v) is 8.51. The molecule has 0 unspecified atom stereocenters. The minimum atomic E-state index is -4.41. The fourth-order valence-corrected chi connectivity index (χ4v) is 3.78. The molecular formula is C17H14F4N2OS. The van der Waals surface area contributed by atoms with Gasteiger partial charge in [-0.1, -0.05) is 12.1 Å². The molecule has 8 heteroatoms. The number of thioether (sulfide) groups is 1. The number of alkyl halides is 3. The summed E-state index contributed by atoms with van der Waals surface area (Å²) in [5.41, 5.74) is 0.311. The summed E-state index contributed by atoms with van der Waals surface area (Å²) in [6, 6.07) is 9.79.